The van der Waals surface area contributed by atoms with Gasteiger partial charge in [0.2, 0.25) is 0 Å². The molecule has 25 heavy (non-hydrogen) atoms. The number of ether oxygens (including phenoxy) is 1. The molecular formula is C19H21NO5. The normalized spacial score (nSPS) is 14.4. The number of furan rings is 1. The second-order valence-corrected chi connectivity index (χ2v) is 6.29. The molecule has 0 atom stereocenters. The zero-order valence-corrected chi connectivity index (χ0v) is 14.1. The molecule has 1 aliphatic carbocycles. The summed E-state index contributed by atoms with van der Waals surface area (Å²) in [6.45, 7) is 1.71. The largest absolute Gasteiger partial charge is 0.490 e. The Morgan fingerprint density at radius 3 is 2.56 bits per heavy atom. The summed E-state index contributed by atoms with van der Waals surface area (Å²) in [6.07, 6.45) is 5.95. The second-order valence-electron chi connectivity index (χ2n) is 6.29. The molecule has 6 nitrogen and oxygen atoms in total. The number of nitrogens with one attached hydrogen (secondary N) is 1. The number of carboxylic acid groups (broad SMARTS) is 1. The highest BCUT2D eigenvalue weighted by atomic mass is 16.5. The van der Waals surface area contributed by atoms with Crippen LogP contribution in [0.25, 0.3) is 0 Å². The van der Waals surface area contributed by atoms with Crippen LogP contribution in [0.4, 0.5) is 5.69 Å². The van der Waals surface area contributed by atoms with Gasteiger partial charge in [0.1, 0.15) is 17.9 Å². The van der Waals surface area contributed by atoms with Crippen LogP contribution in [0.2, 0.25) is 0 Å². The van der Waals surface area contributed by atoms with E-state index in [-0.39, 0.29) is 29.8 Å². The number of amides is 1. The number of benzene rings is 1. The molecule has 1 amide bonds. The Morgan fingerprint density at radius 1 is 1.24 bits per heavy atom. The quantitative estimate of drug-likeness (QED) is 0.833. The first-order valence-electron chi connectivity index (χ1n) is 8.40. The van der Waals surface area contributed by atoms with E-state index in [0.717, 1.165) is 18.6 Å². The van der Waals surface area contributed by atoms with Crippen molar-refractivity contribution in [3.05, 3.63) is 47.4 Å². The minimum atomic E-state index is -1.04. The van der Waals surface area contributed by atoms with Crippen LogP contribution < -0.4 is 10.1 Å². The summed E-state index contributed by atoms with van der Waals surface area (Å²) in [5.74, 6) is -0.483. The van der Waals surface area contributed by atoms with Gasteiger partial charge in [-0.05, 0) is 56.9 Å². The van der Waals surface area contributed by atoms with Crippen molar-refractivity contribution < 1.29 is 23.8 Å². The van der Waals surface area contributed by atoms with E-state index < -0.39 is 5.97 Å². The third-order valence-electron chi connectivity index (χ3n) is 4.31. The molecule has 132 valence electrons. The van der Waals surface area contributed by atoms with Gasteiger partial charge in [-0.2, -0.15) is 0 Å². The zero-order valence-electron chi connectivity index (χ0n) is 14.1. The van der Waals surface area contributed by atoms with Crippen LogP contribution in [0, 0.1) is 6.92 Å². The molecule has 2 N–H and O–H groups in total. The van der Waals surface area contributed by atoms with Crippen LogP contribution in [0.3, 0.4) is 0 Å². The van der Waals surface area contributed by atoms with Crippen LogP contribution in [-0.4, -0.2) is 23.1 Å². The monoisotopic (exact) mass is 343 g/mol. The first kappa shape index (κ1) is 17.1. The number of carbonyl (C=O) groups is 2. The van der Waals surface area contributed by atoms with E-state index in [1.54, 1.807) is 19.1 Å². The first-order valence-corrected chi connectivity index (χ1v) is 8.40. The molecule has 0 bridgehead atoms. The van der Waals surface area contributed by atoms with Crippen LogP contribution in [-0.2, 0) is 11.2 Å². The second kappa shape index (κ2) is 7.42. The average molecular weight is 343 g/mol. The first-order chi connectivity index (χ1) is 12.0. The van der Waals surface area contributed by atoms with Gasteiger partial charge in [0.15, 0.2) is 0 Å². The van der Waals surface area contributed by atoms with Gasteiger partial charge < -0.3 is 19.6 Å². The number of anilines is 1. The third-order valence-corrected chi connectivity index (χ3v) is 4.31. The Hall–Kier alpha value is -2.76. The van der Waals surface area contributed by atoms with E-state index in [1.165, 1.54) is 19.1 Å². The fourth-order valence-corrected chi connectivity index (χ4v) is 3.08. The average Bonchev–Trinajstić information content (AvgIpc) is 3.19. The summed E-state index contributed by atoms with van der Waals surface area (Å²) in [4.78, 5) is 23.4. The molecule has 6 heteroatoms. The summed E-state index contributed by atoms with van der Waals surface area (Å²) in [6, 6.07) is 7.20. The molecule has 1 heterocycles. The third kappa shape index (κ3) is 4.21. The molecule has 0 radical (unpaired) electrons. The van der Waals surface area contributed by atoms with Gasteiger partial charge in [-0.3, -0.25) is 9.59 Å². The molecule has 1 aliphatic rings. The summed E-state index contributed by atoms with van der Waals surface area (Å²) >= 11 is 0. The molecular weight excluding hydrogens is 322 g/mol. The van der Waals surface area contributed by atoms with Gasteiger partial charge in [-0.1, -0.05) is 0 Å². The topological polar surface area (TPSA) is 88.8 Å². The maximum Gasteiger partial charge on any atom is 0.311 e. The highest BCUT2D eigenvalue weighted by Gasteiger charge is 2.21. The van der Waals surface area contributed by atoms with Crippen molar-refractivity contribution in [1.82, 2.24) is 0 Å². The summed E-state index contributed by atoms with van der Waals surface area (Å²) in [5.41, 5.74) is 1.49. The van der Waals surface area contributed by atoms with E-state index in [0.29, 0.717) is 11.3 Å². The number of aryl methyl sites for hydroxylation is 1. The molecule has 2 aromatic rings. The zero-order chi connectivity index (χ0) is 17.8. The van der Waals surface area contributed by atoms with Crippen molar-refractivity contribution >= 4 is 17.6 Å². The molecule has 1 fully saturated rings. The van der Waals surface area contributed by atoms with E-state index in [4.69, 9.17) is 14.3 Å². The van der Waals surface area contributed by atoms with Gasteiger partial charge in [-0.25, -0.2) is 0 Å². The molecule has 0 spiro atoms. The maximum atomic E-state index is 12.5. The van der Waals surface area contributed by atoms with Crippen LogP contribution in [0.1, 0.15) is 47.4 Å². The Bertz CT molecular complexity index is 757. The molecule has 0 unspecified atom stereocenters. The predicted molar refractivity (Wildman–Crippen MR) is 92.1 cm³/mol. The Balaban J connectivity index is 1.66. The standard InChI is InChI=1S/C19H21NO5/c1-12-11-24-16(10-17(21)22)18(12)19(23)20-13-6-8-15(9-7-13)25-14-4-2-3-5-14/h6-9,11,14H,2-5,10H2,1H3,(H,20,23)(H,21,22). The van der Waals surface area contributed by atoms with E-state index in [2.05, 4.69) is 5.32 Å². The van der Waals surface area contributed by atoms with Crippen molar-refractivity contribution in [3.8, 4) is 5.75 Å². The van der Waals surface area contributed by atoms with E-state index in [9.17, 15) is 9.59 Å². The minimum Gasteiger partial charge on any atom is -0.490 e. The summed E-state index contributed by atoms with van der Waals surface area (Å²) in [5, 5.41) is 11.7. The van der Waals surface area contributed by atoms with Gasteiger partial charge >= 0.3 is 5.97 Å². The van der Waals surface area contributed by atoms with Gasteiger partial charge in [0.25, 0.3) is 5.91 Å². The van der Waals surface area contributed by atoms with Gasteiger partial charge in [0, 0.05) is 11.3 Å². The van der Waals surface area contributed by atoms with Crippen molar-refractivity contribution in [2.75, 3.05) is 5.32 Å². The number of aliphatic carboxylic acids is 1. The Morgan fingerprint density at radius 2 is 1.92 bits per heavy atom. The van der Waals surface area contributed by atoms with Crippen LogP contribution >= 0.6 is 0 Å². The number of carbonyl (C=O) groups excluding carboxylic acids is 1. The van der Waals surface area contributed by atoms with Crippen molar-refractivity contribution in [1.29, 1.82) is 0 Å². The van der Waals surface area contributed by atoms with Crippen LogP contribution in [0.15, 0.2) is 34.9 Å². The predicted octanol–water partition coefficient (Wildman–Crippen LogP) is 3.79. The number of rotatable bonds is 6. The van der Waals surface area contributed by atoms with Crippen molar-refractivity contribution in [2.24, 2.45) is 0 Å². The molecule has 3 rings (SSSR count). The Labute approximate surface area is 145 Å². The van der Waals surface area contributed by atoms with Gasteiger partial charge in [0.05, 0.1) is 17.9 Å². The van der Waals surface area contributed by atoms with E-state index in [1.807, 2.05) is 12.1 Å². The lowest BCUT2D eigenvalue weighted by molar-refractivity contribution is -0.136. The van der Waals surface area contributed by atoms with Crippen molar-refractivity contribution in [3.63, 3.8) is 0 Å². The lowest BCUT2D eigenvalue weighted by Crippen LogP contribution is -2.15. The highest BCUT2D eigenvalue weighted by molar-refractivity contribution is 6.06. The van der Waals surface area contributed by atoms with Crippen LogP contribution in [0.5, 0.6) is 5.75 Å². The van der Waals surface area contributed by atoms with Crippen molar-refractivity contribution in [2.45, 2.75) is 45.1 Å². The fourth-order valence-electron chi connectivity index (χ4n) is 3.08. The molecule has 1 aromatic carbocycles. The lowest BCUT2D eigenvalue weighted by atomic mass is 10.1. The minimum absolute atomic E-state index is 0.156. The van der Waals surface area contributed by atoms with Gasteiger partial charge in [-0.15, -0.1) is 0 Å². The number of hydrogen-bond donors (Lipinski definition) is 2. The number of carboxylic acids is 1. The smallest absolute Gasteiger partial charge is 0.311 e. The maximum absolute atomic E-state index is 12.5. The summed E-state index contributed by atoms with van der Waals surface area (Å²) < 4.78 is 11.1. The SMILES string of the molecule is Cc1coc(CC(=O)O)c1C(=O)Nc1ccc(OC2CCCC2)cc1. The lowest BCUT2D eigenvalue weighted by Gasteiger charge is -2.13. The molecule has 0 aliphatic heterocycles. The molecule has 1 aromatic heterocycles. The van der Waals surface area contributed by atoms with E-state index >= 15 is 0 Å². The highest BCUT2D eigenvalue weighted by Crippen LogP contribution is 2.25. The Kier molecular flexibility index (Phi) is 5.07. The molecule has 0 saturated heterocycles. The fraction of sp³-hybridized carbons (Fsp3) is 0.368. The summed E-state index contributed by atoms with van der Waals surface area (Å²) in [7, 11) is 0. The number of hydrogen-bond acceptors (Lipinski definition) is 4. The molecule has 1 saturated carbocycles.